The minimum absolute atomic E-state index is 0.0422. The number of halogens is 1. The van der Waals surface area contributed by atoms with Crippen LogP contribution in [0, 0.1) is 17.7 Å². The second-order valence-electron chi connectivity index (χ2n) is 9.48. The van der Waals surface area contributed by atoms with Crippen LogP contribution >= 0.6 is 0 Å². The quantitative estimate of drug-likeness (QED) is 0.644. The van der Waals surface area contributed by atoms with Gasteiger partial charge in [-0.2, -0.15) is 0 Å². The molecule has 0 bridgehead atoms. The Morgan fingerprint density at radius 3 is 2.58 bits per heavy atom. The van der Waals surface area contributed by atoms with Crippen LogP contribution in [0.2, 0.25) is 0 Å². The zero-order valence-corrected chi connectivity index (χ0v) is 19.4. The number of hydrogen-bond acceptors (Lipinski definition) is 5. The highest BCUT2D eigenvalue weighted by Gasteiger charge is 2.55. The molecule has 2 aliphatic heterocycles. The molecule has 4 rings (SSSR count). The van der Waals surface area contributed by atoms with E-state index >= 15 is 0 Å². The molecule has 2 saturated heterocycles. The first-order valence-electron chi connectivity index (χ1n) is 12.0. The van der Waals surface area contributed by atoms with Crippen molar-refractivity contribution in [1.82, 2.24) is 9.80 Å². The molecule has 2 amide bonds. The molecule has 1 spiro atoms. The molecule has 7 nitrogen and oxygen atoms in total. The lowest BCUT2D eigenvalue weighted by Crippen LogP contribution is -2.58. The summed E-state index contributed by atoms with van der Waals surface area (Å²) in [6.07, 6.45) is 4.23. The Morgan fingerprint density at radius 2 is 1.91 bits per heavy atom. The lowest BCUT2D eigenvalue weighted by molar-refractivity contribution is -0.152. The largest absolute Gasteiger partial charge is 0.466 e. The molecule has 1 aromatic rings. The summed E-state index contributed by atoms with van der Waals surface area (Å²) < 4.78 is 25.9. The molecule has 1 aromatic carbocycles. The van der Waals surface area contributed by atoms with E-state index in [1.165, 1.54) is 17.0 Å². The van der Waals surface area contributed by atoms with Crippen LogP contribution in [0.3, 0.4) is 0 Å². The minimum atomic E-state index is -0.888. The van der Waals surface area contributed by atoms with Gasteiger partial charge in [0.25, 0.3) is 5.91 Å². The topological polar surface area (TPSA) is 76.2 Å². The van der Waals surface area contributed by atoms with E-state index in [2.05, 4.69) is 6.92 Å². The molecule has 3 fully saturated rings. The highest BCUT2D eigenvalue weighted by atomic mass is 19.1. The van der Waals surface area contributed by atoms with E-state index in [1.54, 1.807) is 24.0 Å². The minimum Gasteiger partial charge on any atom is -0.466 e. The van der Waals surface area contributed by atoms with Crippen molar-refractivity contribution in [3.8, 4) is 0 Å². The summed E-state index contributed by atoms with van der Waals surface area (Å²) in [5, 5.41) is 0. The number of esters is 1. The summed E-state index contributed by atoms with van der Waals surface area (Å²) in [6.45, 7) is 5.17. The lowest BCUT2D eigenvalue weighted by Gasteiger charge is -2.44. The van der Waals surface area contributed by atoms with E-state index in [-0.39, 0.29) is 30.0 Å². The predicted molar refractivity (Wildman–Crippen MR) is 119 cm³/mol. The number of benzene rings is 1. The van der Waals surface area contributed by atoms with Gasteiger partial charge < -0.3 is 14.4 Å². The molecule has 3 aliphatic rings. The van der Waals surface area contributed by atoms with E-state index in [0.29, 0.717) is 51.3 Å². The Bertz CT molecular complexity index is 901. The van der Waals surface area contributed by atoms with Crippen LogP contribution < -0.4 is 0 Å². The number of rotatable bonds is 4. The summed E-state index contributed by atoms with van der Waals surface area (Å²) >= 11 is 0. The Hall–Kier alpha value is -2.48. The van der Waals surface area contributed by atoms with E-state index < -0.39 is 23.5 Å². The van der Waals surface area contributed by atoms with Crippen LogP contribution in [-0.4, -0.2) is 65.7 Å². The van der Waals surface area contributed by atoms with E-state index in [4.69, 9.17) is 9.47 Å². The average molecular weight is 461 g/mol. The number of ether oxygens (including phenoxy) is 2. The van der Waals surface area contributed by atoms with Crippen molar-refractivity contribution in [1.29, 1.82) is 0 Å². The van der Waals surface area contributed by atoms with Gasteiger partial charge >= 0.3 is 5.97 Å². The maximum atomic E-state index is 14.6. The number of hydrogen-bond donors (Lipinski definition) is 0. The average Bonchev–Trinajstić information content (AvgIpc) is 3.16. The molecule has 0 radical (unpaired) electrons. The van der Waals surface area contributed by atoms with Crippen LogP contribution in [0.15, 0.2) is 24.3 Å². The predicted octanol–water partition coefficient (Wildman–Crippen LogP) is 3.37. The first-order valence-corrected chi connectivity index (χ1v) is 12.0. The summed E-state index contributed by atoms with van der Waals surface area (Å²) in [5.41, 5.74) is -0.930. The second-order valence-corrected chi connectivity index (χ2v) is 9.48. The monoisotopic (exact) mass is 460 g/mol. The lowest BCUT2D eigenvalue weighted by atomic mass is 9.82. The highest BCUT2D eigenvalue weighted by molar-refractivity contribution is 5.98. The molecule has 2 heterocycles. The fourth-order valence-electron chi connectivity index (χ4n) is 5.57. The van der Waals surface area contributed by atoms with Crippen molar-refractivity contribution < 1.29 is 28.2 Å². The smallest absolute Gasteiger partial charge is 0.309 e. The third-order valence-electron chi connectivity index (χ3n) is 7.23. The molecule has 0 N–H and O–H groups in total. The molecule has 33 heavy (non-hydrogen) atoms. The highest BCUT2D eigenvalue weighted by Crippen LogP contribution is 2.44. The number of nitrogens with zero attached hydrogens (tertiary/aromatic N) is 2. The fourth-order valence-corrected chi connectivity index (χ4v) is 5.57. The van der Waals surface area contributed by atoms with Gasteiger partial charge in [-0.05, 0) is 57.1 Å². The van der Waals surface area contributed by atoms with Crippen LogP contribution in [0.4, 0.5) is 4.39 Å². The van der Waals surface area contributed by atoms with Crippen molar-refractivity contribution in [2.75, 3.05) is 26.3 Å². The van der Waals surface area contributed by atoms with Gasteiger partial charge in [-0.15, -0.1) is 0 Å². The van der Waals surface area contributed by atoms with Gasteiger partial charge in [0, 0.05) is 13.1 Å². The summed E-state index contributed by atoms with van der Waals surface area (Å²) in [6, 6.07) is 5.09. The van der Waals surface area contributed by atoms with Gasteiger partial charge in [-0.1, -0.05) is 25.5 Å². The Kier molecular flexibility index (Phi) is 7.02. The van der Waals surface area contributed by atoms with Crippen molar-refractivity contribution in [2.24, 2.45) is 11.8 Å². The third kappa shape index (κ3) is 4.63. The maximum Gasteiger partial charge on any atom is 0.309 e. The summed E-state index contributed by atoms with van der Waals surface area (Å²) in [5.74, 6) is -1.40. The number of amides is 2. The normalized spacial score (nSPS) is 28.2. The van der Waals surface area contributed by atoms with E-state index in [1.807, 2.05) is 0 Å². The first kappa shape index (κ1) is 23.7. The molecule has 180 valence electrons. The molecular formula is C25H33FN2O5. The van der Waals surface area contributed by atoms with Crippen molar-refractivity contribution in [2.45, 2.75) is 64.1 Å². The fraction of sp³-hybridized carbons (Fsp3) is 0.640. The first-order chi connectivity index (χ1) is 15.9. The maximum absolute atomic E-state index is 14.6. The molecule has 3 atom stereocenters. The summed E-state index contributed by atoms with van der Waals surface area (Å²) in [7, 11) is 0. The molecule has 1 aliphatic carbocycles. The molecular weight excluding hydrogens is 427 g/mol. The zero-order valence-electron chi connectivity index (χ0n) is 19.4. The SMILES string of the molecule is CCOC(=O)C1CCN(C(=O)[C@@H]2CO[C@]3(CCC[C@H](C)C3)N2C(=O)c2ccccc2F)CC1. The molecule has 0 aromatic heterocycles. The number of carbonyl (C=O) groups is 3. The Morgan fingerprint density at radius 1 is 1.18 bits per heavy atom. The van der Waals surface area contributed by atoms with Gasteiger partial charge in [0.2, 0.25) is 5.91 Å². The van der Waals surface area contributed by atoms with Gasteiger partial charge in [-0.3, -0.25) is 19.3 Å². The molecule has 8 heteroatoms. The van der Waals surface area contributed by atoms with Gasteiger partial charge in [-0.25, -0.2) is 4.39 Å². The van der Waals surface area contributed by atoms with Gasteiger partial charge in [0.1, 0.15) is 17.6 Å². The van der Waals surface area contributed by atoms with Gasteiger partial charge in [0.15, 0.2) is 0 Å². The number of likely N-dealkylation sites (tertiary alicyclic amines) is 1. The van der Waals surface area contributed by atoms with E-state index in [9.17, 15) is 18.8 Å². The van der Waals surface area contributed by atoms with Gasteiger partial charge in [0.05, 0.1) is 24.7 Å². The van der Waals surface area contributed by atoms with Crippen LogP contribution in [0.1, 0.15) is 62.7 Å². The number of carbonyl (C=O) groups excluding carboxylic acids is 3. The second kappa shape index (κ2) is 9.79. The van der Waals surface area contributed by atoms with Crippen molar-refractivity contribution in [3.05, 3.63) is 35.6 Å². The Balaban J connectivity index is 1.56. The number of piperidine rings is 1. The van der Waals surface area contributed by atoms with Crippen LogP contribution in [0.5, 0.6) is 0 Å². The molecule has 1 saturated carbocycles. The summed E-state index contributed by atoms with van der Waals surface area (Å²) in [4.78, 5) is 42.5. The standard InChI is InChI=1S/C25H33FN2O5/c1-3-32-24(31)18-10-13-27(14-11-18)23(30)21-16-33-25(12-6-7-17(2)15-25)28(21)22(29)19-8-4-5-9-20(19)26/h4-5,8-9,17-18,21H,3,6-7,10-16H2,1-2H3/t17-,21-,25-/m0/s1. The van der Waals surface area contributed by atoms with Crippen molar-refractivity contribution in [3.63, 3.8) is 0 Å². The molecule has 0 unspecified atom stereocenters. The van der Waals surface area contributed by atoms with Crippen LogP contribution in [-0.2, 0) is 19.1 Å². The van der Waals surface area contributed by atoms with Crippen molar-refractivity contribution >= 4 is 17.8 Å². The van der Waals surface area contributed by atoms with E-state index in [0.717, 1.165) is 12.8 Å². The van der Waals surface area contributed by atoms with Crippen LogP contribution in [0.25, 0.3) is 0 Å². The Labute approximate surface area is 194 Å². The zero-order chi connectivity index (χ0) is 23.6. The third-order valence-corrected chi connectivity index (χ3v) is 7.23.